The zero-order valence-corrected chi connectivity index (χ0v) is 17.9. The number of hydrogen-bond donors (Lipinski definition) is 2. The van der Waals surface area contributed by atoms with Crippen LogP contribution in [0, 0.1) is 12.8 Å². The number of morpholine rings is 1. The van der Waals surface area contributed by atoms with Crippen LogP contribution in [-0.4, -0.2) is 67.9 Å². The fraction of sp³-hybridized carbons (Fsp3) is 0.714. The molecule has 158 valence electrons. The first-order valence-electron chi connectivity index (χ1n) is 10.5. The average molecular weight is 392 g/mol. The summed E-state index contributed by atoms with van der Waals surface area (Å²) >= 11 is 0. The summed E-state index contributed by atoms with van der Waals surface area (Å²) in [7, 11) is 1.81. The van der Waals surface area contributed by atoms with Gasteiger partial charge in [0.05, 0.1) is 13.2 Å². The fourth-order valence-electron chi connectivity index (χ4n) is 3.63. The highest BCUT2D eigenvalue weighted by Crippen LogP contribution is 2.12. The number of aryl methyl sites for hydroxylation is 1. The molecule has 1 saturated heterocycles. The molecule has 0 radical (unpaired) electrons. The van der Waals surface area contributed by atoms with Crippen LogP contribution in [0.25, 0.3) is 0 Å². The number of nitrogens with zero attached hydrogens (tertiary/aromatic N) is 3. The summed E-state index contributed by atoms with van der Waals surface area (Å²) in [5, 5.41) is 6.87. The lowest BCUT2D eigenvalue weighted by atomic mass is 10.0. The molecule has 2 heterocycles. The van der Waals surface area contributed by atoms with Crippen molar-refractivity contribution in [3.05, 3.63) is 34.2 Å². The number of pyridine rings is 1. The summed E-state index contributed by atoms with van der Waals surface area (Å²) in [6, 6.07) is 5.88. The minimum atomic E-state index is 0.0771. The van der Waals surface area contributed by atoms with E-state index in [9.17, 15) is 4.79 Å². The van der Waals surface area contributed by atoms with E-state index in [4.69, 9.17) is 4.74 Å². The van der Waals surface area contributed by atoms with E-state index >= 15 is 0 Å². The van der Waals surface area contributed by atoms with Crippen LogP contribution in [0.3, 0.4) is 0 Å². The summed E-state index contributed by atoms with van der Waals surface area (Å²) < 4.78 is 7.32. The molecule has 0 aromatic carbocycles. The Morgan fingerprint density at radius 3 is 2.61 bits per heavy atom. The Hall–Kier alpha value is -1.86. The molecule has 2 N–H and O–H groups in total. The Morgan fingerprint density at radius 1 is 1.21 bits per heavy atom. The van der Waals surface area contributed by atoms with Crippen molar-refractivity contribution in [2.45, 2.75) is 46.2 Å². The molecule has 0 aliphatic carbocycles. The lowest BCUT2D eigenvalue weighted by Gasteiger charge is -2.37. The number of rotatable bonds is 9. The first-order valence-corrected chi connectivity index (χ1v) is 10.5. The maximum absolute atomic E-state index is 11.9. The second-order valence-corrected chi connectivity index (χ2v) is 7.70. The molecule has 0 bridgehead atoms. The highest BCUT2D eigenvalue weighted by Gasteiger charge is 2.23. The molecule has 0 saturated carbocycles. The second-order valence-electron chi connectivity index (χ2n) is 7.70. The molecular formula is C21H37N5O2. The van der Waals surface area contributed by atoms with Gasteiger partial charge in [0.2, 0.25) is 0 Å². The topological polar surface area (TPSA) is 70.9 Å². The maximum atomic E-state index is 11.9. The van der Waals surface area contributed by atoms with E-state index in [2.05, 4.69) is 34.4 Å². The molecule has 7 heteroatoms. The minimum absolute atomic E-state index is 0.0771. The van der Waals surface area contributed by atoms with Crippen LogP contribution >= 0.6 is 0 Å². The van der Waals surface area contributed by atoms with Gasteiger partial charge >= 0.3 is 0 Å². The Morgan fingerprint density at radius 2 is 1.96 bits per heavy atom. The highest BCUT2D eigenvalue weighted by atomic mass is 16.5. The van der Waals surface area contributed by atoms with E-state index in [1.165, 1.54) is 0 Å². The molecule has 1 aromatic heterocycles. The van der Waals surface area contributed by atoms with E-state index in [0.717, 1.165) is 70.4 Å². The van der Waals surface area contributed by atoms with Gasteiger partial charge in [-0.05, 0) is 31.7 Å². The van der Waals surface area contributed by atoms with Gasteiger partial charge in [0.15, 0.2) is 5.96 Å². The summed E-state index contributed by atoms with van der Waals surface area (Å²) in [4.78, 5) is 18.8. The quantitative estimate of drug-likeness (QED) is 0.379. The molecule has 1 aliphatic rings. The van der Waals surface area contributed by atoms with Crippen LogP contribution in [0.5, 0.6) is 0 Å². The molecule has 0 amide bonds. The third kappa shape index (κ3) is 6.95. The SMILES string of the molecule is CN=C(NCCCCn1c(C)cccc1=O)NCC(C(C)C)N1CCOCC1. The molecule has 2 rings (SSSR count). The van der Waals surface area contributed by atoms with E-state index in [-0.39, 0.29) is 5.56 Å². The molecule has 1 fully saturated rings. The lowest BCUT2D eigenvalue weighted by molar-refractivity contribution is 0.00752. The molecule has 7 nitrogen and oxygen atoms in total. The number of hydrogen-bond acceptors (Lipinski definition) is 4. The van der Waals surface area contributed by atoms with Crippen LogP contribution < -0.4 is 16.2 Å². The fourth-order valence-corrected chi connectivity index (χ4v) is 3.63. The van der Waals surface area contributed by atoms with Gasteiger partial charge in [-0.3, -0.25) is 14.7 Å². The normalized spacial score (nSPS) is 17.0. The van der Waals surface area contributed by atoms with Gasteiger partial charge in [-0.15, -0.1) is 0 Å². The zero-order chi connectivity index (χ0) is 20.4. The van der Waals surface area contributed by atoms with Crippen LogP contribution in [0.15, 0.2) is 28.0 Å². The highest BCUT2D eigenvalue weighted by molar-refractivity contribution is 5.79. The van der Waals surface area contributed by atoms with Gasteiger partial charge < -0.3 is 19.9 Å². The number of aromatic nitrogens is 1. The molecule has 1 atom stereocenters. The van der Waals surface area contributed by atoms with Crippen molar-refractivity contribution in [3.63, 3.8) is 0 Å². The van der Waals surface area contributed by atoms with Crippen molar-refractivity contribution >= 4 is 5.96 Å². The predicted octanol–water partition coefficient (Wildman–Crippen LogP) is 1.46. The molecule has 1 unspecified atom stereocenters. The van der Waals surface area contributed by atoms with Crippen molar-refractivity contribution in [2.24, 2.45) is 10.9 Å². The van der Waals surface area contributed by atoms with Crippen LogP contribution in [0.1, 0.15) is 32.4 Å². The van der Waals surface area contributed by atoms with Crippen molar-refractivity contribution in [1.29, 1.82) is 0 Å². The minimum Gasteiger partial charge on any atom is -0.379 e. The largest absolute Gasteiger partial charge is 0.379 e. The molecule has 1 aromatic rings. The smallest absolute Gasteiger partial charge is 0.250 e. The number of aliphatic imine (C=N–C) groups is 1. The summed E-state index contributed by atoms with van der Waals surface area (Å²) in [5.41, 5.74) is 1.09. The number of guanidine groups is 1. The van der Waals surface area contributed by atoms with E-state index in [1.807, 2.05) is 23.6 Å². The first-order chi connectivity index (χ1) is 13.5. The van der Waals surface area contributed by atoms with Crippen LogP contribution in [0.2, 0.25) is 0 Å². The Balaban J connectivity index is 1.71. The average Bonchev–Trinajstić information content (AvgIpc) is 2.68. The van der Waals surface area contributed by atoms with Crippen molar-refractivity contribution in [3.8, 4) is 0 Å². The third-order valence-corrected chi connectivity index (χ3v) is 5.36. The number of nitrogens with one attached hydrogen (secondary N) is 2. The molecule has 0 spiro atoms. The van der Waals surface area contributed by atoms with Gasteiger partial charge in [-0.1, -0.05) is 19.9 Å². The Labute approximate surface area is 169 Å². The van der Waals surface area contributed by atoms with Gasteiger partial charge in [0.25, 0.3) is 5.56 Å². The maximum Gasteiger partial charge on any atom is 0.250 e. The number of unbranched alkanes of at least 4 members (excludes halogenated alkanes) is 1. The molecule has 28 heavy (non-hydrogen) atoms. The van der Waals surface area contributed by atoms with Gasteiger partial charge in [0.1, 0.15) is 0 Å². The van der Waals surface area contributed by atoms with Crippen LogP contribution in [0.4, 0.5) is 0 Å². The lowest BCUT2D eigenvalue weighted by Crippen LogP contribution is -2.52. The predicted molar refractivity (Wildman–Crippen MR) is 115 cm³/mol. The van der Waals surface area contributed by atoms with Gasteiger partial charge in [0, 0.05) is 57.6 Å². The van der Waals surface area contributed by atoms with Gasteiger partial charge in [-0.25, -0.2) is 0 Å². The standard InChI is InChI=1S/C21H37N5O2/c1-17(2)19(25-12-14-28-15-13-25)16-24-21(22-4)23-10-5-6-11-26-18(3)8-7-9-20(26)27/h7-9,17,19H,5-6,10-16H2,1-4H3,(H2,22,23,24). The Kier molecular flexibility index (Phi) is 9.50. The van der Waals surface area contributed by atoms with E-state index in [1.54, 1.807) is 13.1 Å². The summed E-state index contributed by atoms with van der Waals surface area (Å²) in [6.07, 6.45) is 1.94. The zero-order valence-electron chi connectivity index (χ0n) is 17.9. The first kappa shape index (κ1) is 22.4. The summed E-state index contributed by atoms with van der Waals surface area (Å²) in [6.45, 7) is 12.6. The van der Waals surface area contributed by atoms with E-state index in [0.29, 0.717) is 12.0 Å². The summed E-state index contributed by atoms with van der Waals surface area (Å²) in [5.74, 6) is 1.41. The van der Waals surface area contributed by atoms with Crippen molar-refractivity contribution in [2.75, 3.05) is 46.4 Å². The van der Waals surface area contributed by atoms with Gasteiger partial charge in [-0.2, -0.15) is 0 Å². The van der Waals surface area contributed by atoms with Crippen molar-refractivity contribution < 1.29 is 4.74 Å². The van der Waals surface area contributed by atoms with Crippen LogP contribution in [-0.2, 0) is 11.3 Å². The Bertz CT molecular complexity index is 665. The second kappa shape index (κ2) is 11.9. The number of ether oxygens (including phenoxy) is 1. The molecule has 1 aliphatic heterocycles. The third-order valence-electron chi connectivity index (χ3n) is 5.36. The monoisotopic (exact) mass is 391 g/mol. The van der Waals surface area contributed by atoms with E-state index < -0.39 is 0 Å². The van der Waals surface area contributed by atoms with Crippen molar-refractivity contribution in [1.82, 2.24) is 20.1 Å². The molecular weight excluding hydrogens is 354 g/mol.